The lowest BCUT2D eigenvalue weighted by molar-refractivity contribution is -0.334. The van der Waals surface area contributed by atoms with Crippen molar-refractivity contribution >= 4 is 35.8 Å². The van der Waals surface area contributed by atoms with Crippen LogP contribution in [0.15, 0.2) is 0 Å². The molecule has 52 heavy (non-hydrogen) atoms. The molecular weight excluding hydrogens is 668 g/mol. The van der Waals surface area contributed by atoms with Gasteiger partial charge in [-0.1, -0.05) is 55.4 Å². The van der Waals surface area contributed by atoms with Crippen LogP contribution in [0, 0.1) is 29.1 Å². The van der Waals surface area contributed by atoms with Crippen LogP contribution in [-0.4, -0.2) is 91.9 Å². The number of carboxylic acids is 2. The molecule has 294 valence electrons. The van der Waals surface area contributed by atoms with Crippen molar-refractivity contribution in [2.75, 3.05) is 13.1 Å². The molecule has 2 spiro atoms. The van der Waals surface area contributed by atoms with E-state index >= 15 is 0 Å². The number of nitrogens with one attached hydrogen (secondary N) is 4. The van der Waals surface area contributed by atoms with Crippen LogP contribution >= 0.6 is 0 Å². The van der Waals surface area contributed by atoms with Gasteiger partial charge in [-0.3, -0.25) is 19.4 Å². The largest absolute Gasteiger partial charge is 0.550 e. The third-order valence-corrected chi connectivity index (χ3v) is 14.8. The van der Waals surface area contributed by atoms with Gasteiger partial charge in [0.05, 0.1) is 0 Å². The molecular formula is C38H62N6O8-2. The first kappa shape index (κ1) is 41.5. The molecule has 10 unspecified atom stereocenters. The number of carbonyl (C=O) groups is 6. The smallest absolute Gasteiger partial charge is 0.325 e. The van der Waals surface area contributed by atoms with Crippen LogP contribution in [0.25, 0.3) is 0 Å². The lowest BCUT2D eigenvalue weighted by Crippen LogP contribution is -2.74. The standard InChI is InChI=1S/C38H64N6O8/c1-13-32(9)20-37(24(7)34(11,15-3)41-32)27(47)43(30(51)39-37)18-22(5)36(29(49)50,17-26(45)46)23(6)19-44-28(48)38(40-31(44)52)21-33(10,14-2)42-35(12,16-4)25(38)8/h22-25,41-42H,13-21H2,1-12H3,(H,39,51)(H,40,52)(H,45,46)(H,49,50)/p-2. The summed E-state index contributed by atoms with van der Waals surface area (Å²) in [5.41, 5.74) is -6.80. The van der Waals surface area contributed by atoms with Crippen molar-refractivity contribution in [3.8, 4) is 0 Å². The molecule has 14 heteroatoms. The number of hydrogen-bond acceptors (Lipinski definition) is 10. The molecule has 4 aliphatic rings. The quantitative estimate of drug-likeness (QED) is 0.202. The van der Waals surface area contributed by atoms with Crippen molar-refractivity contribution in [3.63, 3.8) is 0 Å². The minimum atomic E-state index is -2.24. The number of nitrogens with zero attached hydrogens (tertiary/aromatic N) is 2. The molecule has 10 atom stereocenters. The lowest BCUT2D eigenvalue weighted by atomic mass is 9.61. The summed E-state index contributed by atoms with van der Waals surface area (Å²) in [6, 6.07) is -1.38. The average molecular weight is 731 g/mol. The fourth-order valence-corrected chi connectivity index (χ4v) is 10.4. The first-order valence-electron chi connectivity index (χ1n) is 19.1. The van der Waals surface area contributed by atoms with Gasteiger partial charge in [0.15, 0.2) is 0 Å². The fraction of sp³-hybridized carbons (Fsp3) is 0.842. The topological polar surface area (TPSA) is 203 Å². The second-order valence-electron chi connectivity index (χ2n) is 17.7. The minimum Gasteiger partial charge on any atom is -0.550 e. The Balaban J connectivity index is 1.69. The number of aliphatic carboxylic acids is 2. The fourth-order valence-electron chi connectivity index (χ4n) is 10.4. The molecule has 4 saturated heterocycles. The highest BCUT2D eigenvalue weighted by Gasteiger charge is 2.66. The molecule has 0 aromatic rings. The molecule has 0 saturated carbocycles. The number of carboxylic acid groups (broad SMARTS) is 2. The number of urea groups is 2. The molecule has 0 aromatic carbocycles. The summed E-state index contributed by atoms with van der Waals surface area (Å²) >= 11 is 0. The van der Waals surface area contributed by atoms with Crippen LogP contribution < -0.4 is 31.5 Å². The Morgan fingerprint density at radius 1 is 0.712 bits per heavy atom. The van der Waals surface area contributed by atoms with E-state index in [0.29, 0.717) is 38.5 Å². The first-order chi connectivity index (χ1) is 23.8. The van der Waals surface area contributed by atoms with E-state index in [2.05, 4.69) is 21.3 Å². The third kappa shape index (κ3) is 6.18. The number of rotatable bonds is 13. The molecule has 0 bridgehead atoms. The maximum Gasteiger partial charge on any atom is 0.325 e. The van der Waals surface area contributed by atoms with Gasteiger partial charge in [0.25, 0.3) is 11.8 Å². The molecule has 0 aliphatic carbocycles. The molecule has 4 N–H and O–H groups in total. The van der Waals surface area contributed by atoms with Crippen molar-refractivity contribution < 1.29 is 39.0 Å². The van der Waals surface area contributed by atoms with Crippen molar-refractivity contribution in [3.05, 3.63) is 0 Å². The molecule has 0 aromatic heterocycles. The van der Waals surface area contributed by atoms with E-state index < -0.39 is 106 Å². The maximum atomic E-state index is 14.5. The second-order valence-corrected chi connectivity index (χ2v) is 17.7. The van der Waals surface area contributed by atoms with Gasteiger partial charge in [-0.2, -0.15) is 0 Å². The van der Waals surface area contributed by atoms with E-state index in [0.717, 1.165) is 9.80 Å². The number of carbonyl (C=O) groups excluding carboxylic acids is 6. The molecule has 4 fully saturated rings. The predicted molar refractivity (Wildman–Crippen MR) is 190 cm³/mol. The zero-order valence-corrected chi connectivity index (χ0v) is 33.3. The summed E-state index contributed by atoms with van der Waals surface area (Å²) in [5, 5.41) is 39.0. The normalized spacial score (nSPS) is 40.2. The Labute approximate surface area is 308 Å². The number of amides is 6. The third-order valence-electron chi connectivity index (χ3n) is 14.8. The van der Waals surface area contributed by atoms with E-state index in [1.54, 1.807) is 0 Å². The van der Waals surface area contributed by atoms with Gasteiger partial charge in [-0.25, -0.2) is 9.59 Å². The molecule has 6 amide bonds. The molecule has 4 heterocycles. The van der Waals surface area contributed by atoms with Crippen LogP contribution in [0.2, 0.25) is 0 Å². The highest BCUT2D eigenvalue weighted by molar-refractivity contribution is 6.08. The summed E-state index contributed by atoms with van der Waals surface area (Å²) in [4.78, 5) is 84.0. The molecule has 14 nitrogen and oxygen atoms in total. The number of piperidine rings is 2. The number of imide groups is 2. The Morgan fingerprint density at radius 3 is 1.33 bits per heavy atom. The predicted octanol–water partition coefficient (Wildman–Crippen LogP) is 1.65. The Morgan fingerprint density at radius 2 is 1.06 bits per heavy atom. The van der Waals surface area contributed by atoms with Gasteiger partial charge in [-0.05, 0) is 84.5 Å². The van der Waals surface area contributed by atoms with Crippen molar-refractivity contribution in [1.29, 1.82) is 0 Å². The van der Waals surface area contributed by atoms with Gasteiger partial charge in [0.2, 0.25) is 0 Å². The maximum absolute atomic E-state index is 14.5. The van der Waals surface area contributed by atoms with Crippen LogP contribution in [0.3, 0.4) is 0 Å². The summed E-state index contributed by atoms with van der Waals surface area (Å²) in [6.45, 7) is 22.0. The average Bonchev–Trinajstić information content (AvgIpc) is 3.44. The SMILES string of the molecule is CCC1(C)CC2(NC(=O)N(CC(C)C(CC(=O)[O-])(C(=O)[O-])C(C)CN3C(=O)NC4(CC(C)(CC)NC(C)(CC)C4C)C3=O)C2=O)C(C)C(C)(CC)N1. The highest BCUT2D eigenvalue weighted by atomic mass is 16.4. The zero-order chi connectivity index (χ0) is 39.6. The lowest BCUT2D eigenvalue weighted by Gasteiger charge is -2.57. The monoisotopic (exact) mass is 730 g/mol. The Bertz CT molecular complexity index is 1410. The minimum absolute atomic E-state index is 0.305. The van der Waals surface area contributed by atoms with Gasteiger partial charge >= 0.3 is 12.1 Å². The van der Waals surface area contributed by atoms with Crippen molar-refractivity contribution in [2.45, 2.75) is 161 Å². The van der Waals surface area contributed by atoms with Gasteiger partial charge in [0.1, 0.15) is 11.1 Å². The van der Waals surface area contributed by atoms with Crippen LogP contribution in [-0.2, 0) is 19.2 Å². The van der Waals surface area contributed by atoms with E-state index in [1.807, 2.05) is 69.2 Å². The summed E-state index contributed by atoms with van der Waals surface area (Å²) in [5.74, 6) is -7.46. The van der Waals surface area contributed by atoms with Crippen molar-refractivity contribution in [1.82, 2.24) is 31.1 Å². The van der Waals surface area contributed by atoms with Crippen molar-refractivity contribution in [2.24, 2.45) is 29.1 Å². The first-order valence-corrected chi connectivity index (χ1v) is 19.1. The van der Waals surface area contributed by atoms with Gasteiger partial charge in [0, 0.05) is 64.4 Å². The van der Waals surface area contributed by atoms with Gasteiger partial charge < -0.3 is 41.1 Å². The van der Waals surface area contributed by atoms with E-state index in [-0.39, 0.29) is 11.8 Å². The summed E-state index contributed by atoms with van der Waals surface area (Å²) in [6.07, 6.45) is 2.31. The van der Waals surface area contributed by atoms with Gasteiger partial charge in [-0.15, -0.1) is 0 Å². The zero-order valence-electron chi connectivity index (χ0n) is 33.3. The Hall–Kier alpha value is -3.26. The van der Waals surface area contributed by atoms with Crippen LogP contribution in [0.1, 0.15) is 128 Å². The highest BCUT2D eigenvalue weighted by Crippen LogP contribution is 2.49. The van der Waals surface area contributed by atoms with E-state index in [1.165, 1.54) is 13.8 Å². The molecule has 0 radical (unpaired) electrons. The van der Waals surface area contributed by atoms with E-state index in [4.69, 9.17) is 0 Å². The second kappa shape index (κ2) is 13.5. The molecule has 4 aliphatic heterocycles. The number of hydrogen-bond donors (Lipinski definition) is 4. The molecule has 4 rings (SSSR count). The Kier molecular flexibility index (Phi) is 10.8. The van der Waals surface area contributed by atoms with E-state index in [9.17, 15) is 39.0 Å². The van der Waals surface area contributed by atoms with Crippen LogP contribution in [0.5, 0.6) is 0 Å². The summed E-state index contributed by atoms with van der Waals surface area (Å²) < 4.78 is 0. The summed E-state index contributed by atoms with van der Waals surface area (Å²) in [7, 11) is 0. The van der Waals surface area contributed by atoms with Crippen LogP contribution in [0.4, 0.5) is 9.59 Å².